The lowest BCUT2D eigenvalue weighted by atomic mass is 9.91. The molecule has 0 bridgehead atoms. The Morgan fingerprint density at radius 1 is 1.07 bits per heavy atom. The predicted octanol–water partition coefficient (Wildman–Crippen LogP) is 5.39. The smallest absolute Gasteiger partial charge is 0.251 e. The monoisotopic (exact) mass is 414 g/mol. The van der Waals surface area contributed by atoms with Crippen LogP contribution >= 0.6 is 0 Å². The Bertz CT molecular complexity index is 901. The Kier molecular flexibility index (Phi) is 7.55. The molecule has 0 fully saturated rings. The van der Waals surface area contributed by atoms with Crippen molar-refractivity contribution in [2.75, 3.05) is 11.9 Å². The Hall–Kier alpha value is -2.76. The summed E-state index contributed by atoms with van der Waals surface area (Å²) < 4.78 is 27.3. The van der Waals surface area contributed by atoms with Crippen LogP contribution in [0.4, 0.5) is 14.5 Å². The summed E-state index contributed by atoms with van der Waals surface area (Å²) in [5.74, 6) is -2.12. The second-order valence-corrected chi connectivity index (χ2v) is 7.72. The molecule has 3 rings (SSSR count). The highest BCUT2D eigenvalue weighted by Gasteiger charge is 2.35. The number of halogens is 2. The van der Waals surface area contributed by atoms with Gasteiger partial charge in [0.15, 0.2) is 0 Å². The minimum Gasteiger partial charge on any atom is -0.326 e. The Morgan fingerprint density at radius 2 is 1.83 bits per heavy atom. The fraction of sp³-hybridized carbons (Fsp3) is 0.417. The molecule has 2 aromatic rings. The van der Waals surface area contributed by atoms with Gasteiger partial charge in [0.2, 0.25) is 5.91 Å². The number of nitrogens with zero attached hydrogens (tertiary/aromatic N) is 1. The van der Waals surface area contributed by atoms with E-state index >= 15 is 0 Å². The zero-order valence-electron chi connectivity index (χ0n) is 17.3. The highest BCUT2D eigenvalue weighted by atomic mass is 19.1. The minimum absolute atomic E-state index is 0.0688. The maximum atomic E-state index is 14.1. The van der Waals surface area contributed by atoms with E-state index in [2.05, 4.69) is 12.2 Å². The van der Waals surface area contributed by atoms with Crippen LogP contribution in [0.3, 0.4) is 0 Å². The lowest BCUT2D eigenvalue weighted by Gasteiger charge is -2.36. The first kappa shape index (κ1) is 21.9. The van der Waals surface area contributed by atoms with Crippen LogP contribution in [0.25, 0.3) is 0 Å². The maximum Gasteiger partial charge on any atom is 0.251 e. The lowest BCUT2D eigenvalue weighted by molar-refractivity contribution is -0.139. The van der Waals surface area contributed by atoms with Crippen molar-refractivity contribution in [1.29, 1.82) is 0 Å². The second-order valence-electron chi connectivity index (χ2n) is 7.72. The number of hydrogen-bond donors (Lipinski definition) is 1. The van der Waals surface area contributed by atoms with Gasteiger partial charge in [-0.15, -0.1) is 0 Å². The molecule has 0 saturated carbocycles. The van der Waals surface area contributed by atoms with Gasteiger partial charge >= 0.3 is 0 Å². The first-order chi connectivity index (χ1) is 14.5. The quantitative estimate of drug-likeness (QED) is 0.589. The lowest BCUT2D eigenvalue weighted by Crippen LogP contribution is -2.45. The number of benzene rings is 2. The van der Waals surface area contributed by atoms with Crippen LogP contribution < -0.4 is 5.32 Å². The van der Waals surface area contributed by atoms with Gasteiger partial charge < -0.3 is 10.2 Å². The molecule has 4 nitrogen and oxygen atoms in total. The normalized spacial score (nSPS) is 15.6. The summed E-state index contributed by atoms with van der Waals surface area (Å²) in [6.45, 7) is 2.58. The molecule has 0 radical (unpaired) electrons. The number of carbonyl (C=O) groups excluding carboxylic acids is 2. The summed E-state index contributed by atoms with van der Waals surface area (Å²) in [7, 11) is 0. The molecule has 1 heterocycles. The number of nitrogens with one attached hydrogen (secondary N) is 1. The number of fused-ring (bicyclic) bond motifs is 1. The van der Waals surface area contributed by atoms with Gasteiger partial charge in [0.1, 0.15) is 17.7 Å². The van der Waals surface area contributed by atoms with E-state index < -0.39 is 23.6 Å². The van der Waals surface area contributed by atoms with E-state index in [0.717, 1.165) is 55.4 Å². The van der Waals surface area contributed by atoms with Gasteiger partial charge in [-0.05, 0) is 36.1 Å². The summed E-state index contributed by atoms with van der Waals surface area (Å²) in [4.78, 5) is 27.7. The van der Waals surface area contributed by atoms with E-state index in [4.69, 9.17) is 0 Å². The Balaban J connectivity index is 1.78. The van der Waals surface area contributed by atoms with Gasteiger partial charge in [-0.3, -0.25) is 9.59 Å². The number of hydrogen-bond acceptors (Lipinski definition) is 2. The van der Waals surface area contributed by atoms with Crippen LogP contribution in [0.1, 0.15) is 62.6 Å². The van der Waals surface area contributed by atoms with Crippen molar-refractivity contribution >= 4 is 17.5 Å². The second kappa shape index (κ2) is 10.3. The van der Waals surface area contributed by atoms with Crippen molar-refractivity contribution in [2.45, 2.75) is 57.9 Å². The van der Waals surface area contributed by atoms with Gasteiger partial charge in [-0.25, -0.2) is 8.78 Å². The fourth-order valence-corrected chi connectivity index (χ4v) is 3.93. The highest BCUT2D eigenvalue weighted by molar-refractivity contribution is 5.98. The van der Waals surface area contributed by atoms with Crippen LogP contribution in [-0.2, 0) is 16.0 Å². The van der Waals surface area contributed by atoms with Crippen LogP contribution in [0.2, 0.25) is 0 Å². The average molecular weight is 414 g/mol. The zero-order chi connectivity index (χ0) is 21.5. The third-order valence-corrected chi connectivity index (χ3v) is 5.54. The third kappa shape index (κ3) is 5.23. The molecule has 0 spiro atoms. The molecule has 2 amide bonds. The van der Waals surface area contributed by atoms with E-state index in [1.54, 1.807) is 4.90 Å². The number of carbonyl (C=O) groups is 2. The molecule has 1 aliphatic rings. The van der Waals surface area contributed by atoms with E-state index in [-0.39, 0.29) is 11.6 Å². The SMILES string of the molecule is CCCCCCCC(=O)N1CCc2ccccc2C1C(=O)Nc1ccc(F)cc1F. The van der Waals surface area contributed by atoms with Gasteiger partial charge in [0, 0.05) is 19.0 Å². The number of amides is 2. The van der Waals surface area contributed by atoms with Crippen molar-refractivity contribution < 1.29 is 18.4 Å². The molecule has 0 aliphatic carbocycles. The van der Waals surface area contributed by atoms with Crippen molar-refractivity contribution in [3.05, 3.63) is 65.2 Å². The molecule has 6 heteroatoms. The predicted molar refractivity (Wildman–Crippen MR) is 113 cm³/mol. The first-order valence-corrected chi connectivity index (χ1v) is 10.6. The Labute approximate surface area is 176 Å². The molecule has 1 aliphatic heterocycles. The maximum absolute atomic E-state index is 14.1. The standard InChI is InChI=1S/C24H28F2N2O2/c1-2-3-4-5-6-11-22(29)28-15-14-17-9-7-8-10-19(17)23(28)24(30)27-21-13-12-18(25)16-20(21)26/h7-10,12-13,16,23H,2-6,11,14-15H2,1H3,(H,27,30). The third-order valence-electron chi connectivity index (χ3n) is 5.54. The molecule has 1 atom stereocenters. The van der Waals surface area contributed by atoms with Gasteiger partial charge in [-0.1, -0.05) is 56.9 Å². The molecular weight excluding hydrogens is 386 g/mol. The molecule has 30 heavy (non-hydrogen) atoms. The fourth-order valence-electron chi connectivity index (χ4n) is 3.93. The van der Waals surface area contributed by atoms with Gasteiger partial charge in [-0.2, -0.15) is 0 Å². The summed E-state index contributed by atoms with van der Waals surface area (Å²) >= 11 is 0. The summed E-state index contributed by atoms with van der Waals surface area (Å²) in [6.07, 6.45) is 6.23. The largest absolute Gasteiger partial charge is 0.326 e. The molecule has 2 aromatic carbocycles. The molecule has 1 N–H and O–H groups in total. The van der Waals surface area contributed by atoms with Crippen LogP contribution in [-0.4, -0.2) is 23.3 Å². The zero-order valence-corrected chi connectivity index (χ0v) is 17.3. The number of anilines is 1. The molecule has 0 saturated heterocycles. The molecule has 0 aromatic heterocycles. The van der Waals surface area contributed by atoms with Crippen molar-refractivity contribution in [3.8, 4) is 0 Å². The Morgan fingerprint density at radius 3 is 2.60 bits per heavy atom. The summed E-state index contributed by atoms with van der Waals surface area (Å²) in [5, 5.41) is 2.54. The van der Waals surface area contributed by atoms with E-state index in [0.29, 0.717) is 19.4 Å². The van der Waals surface area contributed by atoms with Gasteiger partial charge in [0.05, 0.1) is 5.69 Å². The van der Waals surface area contributed by atoms with Crippen LogP contribution in [0, 0.1) is 11.6 Å². The van der Waals surface area contributed by atoms with Crippen LogP contribution in [0.15, 0.2) is 42.5 Å². The van der Waals surface area contributed by atoms with E-state index in [1.807, 2.05) is 24.3 Å². The summed E-state index contributed by atoms with van der Waals surface area (Å²) in [5.41, 5.74) is 1.66. The van der Waals surface area contributed by atoms with Crippen LogP contribution in [0.5, 0.6) is 0 Å². The average Bonchev–Trinajstić information content (AvgIpc) is 2.74. The minimum atomic E-state index is -0.846. The molecular formula is C24H28F2N2O2. The molecule has 1 unspecified atom stereocenters. The molecule has 160 valence electrons. The highest BCUT2D eigenvalue weighted by Crippen LogP contribution is 2.32. The van der Waals surface area contributed by atoms with E-state index in [9.17, 15) is 18.4 Å². The number of rotatable bonds is 8. The van der Waals surface area contributed by atoms with Crippen molar-refractivity contribution in [2.24, 2.45) is 0 Å². The number of unbranched alkanes of at least 4 members (excludes halogenated alkanes) is 4. The topological polar surface area (TPSA) is 49.4 Å². The summed E-state index contributed by atoms with van der Waals surface area (Å²) in [6, 6.07) is 9.69. The van der Waals surface area contributed by atoms with Crippen molar-refractivity contribution in [1.82, 2.24) is 4.90 Å². The van der Waals surface area contributed by atoms with E-state index in [1.165, 1.54) is 6.07 Å². The first-order valence-electron chi connectivity index (χ1n) is 10.6. The van der Waals surface area contributed by atoms with Crippen molar-refractivity contribution in [3.63, 3.8) is 0 Å². The van der Waals surface area contributed by atoms with Gasteiger partial charge in [0.25, 0.3) is 5.91 Å².